The molecule has 0 aliphatic carbocycles. The standard InChI is InChI=1S/C19H22F3N3O3S/c1-13(10-14-4-2-5-15(11-14)19(20,21)22)18(26)25-16-6-3-7-17(12-16)29(27,28)24-9-8-23/h2-7,11-13,24H,8-10,23H2,1H3,(H,25,26)/t13-/m0/s1. The monoisotopic (exact) mass is 429 g/mol. The Labute approximate surface area is 167 Å². The molecule has 158 valence electrons. The summed E-state index contributed by atoms with van der Waals surface area (Å²) in [6.07, 6.45) is -4.35. The largest absolute Gasteiger partial charge is 0.416 e. The molecule has 0 bridgehead atoms. The fraction of sp³-hybridized carbons (Fsp3) is 0.316. The SMILES string of the molecule is C[C@@H](Cc1cccc(C(F)(F)F)c1)C(=O)Nc1cccc(S(=O)(=O)NCCN)c1. The summed E-state index contributed by atoms with van der Waals surface area (Å²) in [6, 6.07) is 10.5. The van der Waals surface area contributed by atoms with Gasteiger partial charge in [0.25, 0.3) is 0 Å². The van der Waals surface area contributed by atoms with Crippen molar-refractivity contribution in [3.05, 3.63) is 59.7 Å². The maximum absolute atomic E-state index is 12.8. The molecule has 0 aromatic heterocycles. The lowest BCUT2D eigenvalue weighted by Crippen LogP contribution is -2.29. The number of halogens is 3. The van der Waals surface area contributed by atoms with Gasteiger partial charge in [-0.2, -0.15) is 13.2 Å². The topological polar surface area (TPSA) is 101 Å². The number of hydrogen-bond donors (Lipinski definition) is 3. The lowest BCUT2D eigenvalue weighted by atomic mass is 9.98. The fourth-order valence-corrected chi connectivity index (χ4v) is 3.70. The van der Waals surface area contributed by atoms with Gasteiger partial charge in [0.05, 0.1) is 10.5 Å². The first kappa shape index (κ1) is 22.9. The zero-order chi connectivity index (χ0) is 21.7. The van der Waals surface area contributed by atoms with Crippen molar-refractivity contribution in [3.63, 3.8) is 0 Å². The number of alkyl halides is 3. The number of carbonyl (C=O) groups is 1. The Balaban J connectivity index is 2.08. The van der Waals surface area contributed by atoms with Crippen molar-refractivity contribution in [2.24, 2.45) is 11.7 Å². The van der Waals surface area contributed by atoms with Crippen LogP contribution in [0.25, 0.3) is 0 Å². The summed E-state index contributed by atoms with van der Waals surface area (Å²) in [5, 5.41) is 2.60. The third-order valence-electron chi connectivity index (χ3n) is 4.09. The van der Waals surface area contributed by atoms with Crippen molar-refractivity contribution in [2.75, 3.05) is 18.4 Å². The fourth-order valence-electron chi connectivity index (χ4n) is 2.60. The van der Waals surface area contributed by atoms with E-state index in [1.54, 1.807) is 6.92 Å². The Bertz CT molecular complexity index is 962. The van der Waals surface area contributed by atoms with Crippen LogP contribution in [0.5, 0.6) is 0 Å². The van der Waals surface area contributed by atoms with Gasteiger partial charge in [0, 0.05) is 24.7 Å². The summed E-state index contributed by atoms with van der Waals surface area (Å²) >= 11 is 0. The van der Waals surface area contributed by atoms with Crippen molar-refractivity contribution in [1.82, 2.24) is 4.72 Å². The third kappa shape index (κ3) is 6.55. The summed E-state index contributed by atoms with van der Waals surface area (Å²) in [7, 11) is -3.76. The molecular formula is C19H22F3N3O3S. The molecule has 2 rings (SSSR count). The molecule has 10 heteroatoms. The first-order valence-electron chi connectivity index (χ1n) is 8.80. The summed E-state index contributed by atoms with van der Waals surface area (Å²) in [6.45, 7) is 1.80. The first-order chi connectivity index (χ1) is 13.5. The van der Waals surface area contributed by atoms with Gasteiger partial charge in [-0.25, -0.2) is 13.1 Å². The number of nitrogens with two attached hydrogens (primary N) is 1. The van der Waals surface area contributed by atoms with E-state index in [1.165, 1.54) is 36.4 Å². The second kappa shape index (κ2) is 9.38. The number of carbonyl (C=O) groups excluding carboxylic acids is 1. The minimum atomic E-state index is -4.45. The molecule has 2 aromatic carbocycles. The van der Waals surface area contributed by atoms with Gasteiger partial charge < -0.3 is 11.1 Å². The Morgan fingerprint density at radius 3 is 2.48 bits per heavy atom. The van der Waals surface area contributed by atoms with Crippen LogP contribution in [0.4, 0.5) is 18.9 Å². The van der Waals surface area contributed by atoms with E-state index in [4.69, 9.17) is 5.73 Å². The number of sulfonamides is 1. The molecule has 2 aromatic rings. The molecule has 4 N–H and O–H groups in total. The van der Waals surface area contributed by atoms with Gasteiger partial charge in [-0.05, 0) is 36.2 Å². The lowest BCUT2D eigenvalue weighted by molar-refractivity contribution is -0.137. The normalized spacial score (nSPS) is 13.1. The molecule has 0 aliphatic rings. The van der Waals surface area contributed by atoms with E-state index in [0.29, 0.717) is 5.56 Å². The molecule has 0 saturated carbocycles. The van der Waals surface area contributed by atoms with Crippen molar-refractivity contribution >= 4 is 21.6 Å². The second-order valence-corrected chi connectivity index (χ2v) is 8.27. The highest BCUT2D eigenvalue weighted by molar-refractivity contribution is 7.89. The Morgan fingerprint density at radius 2 is 1.83 bits per heavy atom. The average molecular weight is 429 g/mol. The average Bonchev–Trinajstić information content (AvgIpc) is 2.66. The Morgan fingerprint density at radius 1 is 1.14 bits per heavy atom. The highest BCUT2D eigenvalue weighted by Crippen LogP contribution is 2.30. The van der Waals surface area contributed by atoms with Crippen molar-refractivity contribution in [1.29, 1.82) is 0 Å². The van der Waals surface area contributed by atoms with E-state index in [-0.39, 0.29) is 30.1 Å². The van der Waals surface area contributed by atoms with Crippen molar-refractivity contribution < 1.29 is 26.4 Å². The summed E-state index contributed by atoms with van der Waals surface area (Å²) in [5.74, 6) is -1.07. The van der Waals surface area contributed by atoms with Crippen molar-refractivity contribution in [2.45, 2.75) is 24.4 Å². The van der Waals surface area contributed by atoms with Crippen LogP contribution in [0.3, 0.4) is 0 Å². The van der Waals surface area contributed by atoms with Crippen molar-refractivity contribution in [3.8, 4) is 0 Å². The second-order valence-electron chi connectivity index (χ2n) is 6.51. The smallest absolute Gasteiger partial charge is 0.329 e. The minimum Gasteiger partial charge on any atom is -0.329 e. The number of amides is 1. The maximum atomic E-state index is 12.8. The third-order valence-corrected chi connectivity index (χ3v) is 5.55. The Kier molecular flexibility index (Phi) is 7.39. The molecule has 0 heterocycles. The van der Waals surface area contributed by atoms with Crippen LogP contribution < -0.4 is 15.8 Å². The highest BCUT2D eigenvalue weighted by atomic mass is 32.2. The molecule has 29 heavy (non-hydrogen) atoms. The maximum Gasteiger partial charge on any atom is 0.416 e. The van der Waals surface area contributed by atoms with Gasteiger partial charge >= 0.3 is 6.18 Å². The summed E-state index contributed by atoms with van der Waals surface area (Å²) in [4.78, 5) is 12.4. The van der Waals surface area contributed by atoms with Gasteiger partial charge in [0.2, 0.25) is 15.9 Å². The lowest BCUT2D eigenvalue weighted by Gasteiger charge is -2.14. The molecule has 0 saturated heterocycles. The van der Waals surface area contributed by atoms with Crippen LogP contribution >= 0.6 is 0 Å². The van der Waals surface area contributed by atoms with Gasteiger partial charge in [-0.3, -0.25) is 4.79 Å². The summed E-state index contributed by atoms with van der Waals surface area (Å²) in [5.41, 5.74) is 5.16. The zero-order valence-electron chi connectivity index (χ0n) is 15.7. The van der Waals surface area contributed by atoms with Crippen LogP contribution in [0.1, 0.15) is 18.1 Å². The predicted molar refractivity (Wildman–Crippen MR) is 104 cm³/mol. The number of hydrogen-bond acceptors (Lipinski definition) is 4. The first-order valence-corrected chi connectivity index (χ1v) is 10.3. The highest BCUT2D eigenvalue weighted by Gasteiger charge is 2.30. The van der Waals surface area contributed by atoms with Crippen LogP contribution in [0.2, 0.25) is 0 Å². The summed E-state index contributed by atoms with van der Waals surface area (Å²) < 4.78 is 65.1. The van der Waals surface area contributed by atoms with Gasteiger partial charge in [-0.1, -0.05) is 31.2 Å². The van der Waals surface area contributed by atoms with E-state index in [9.17, 15) is 26.4 Å². The Hall–Kier alpha value is -2.43. The van der Waals surface area contributed by atoms with Gasteiger partial charge in [0.15, 0.2) is 0 Å². The van der Waals surface area contributed by atoms with E-state index >= 15 is 0 Å². The number of nitrogens with one attached hydrogen (secondary N) is 2. The quantitative estimate of drug-likeness (QED) is 0.601. The number of benzene rings is 2. The molecule has 0 radical (unpaired) electrons. The number of anilines is 1. The molecule has 0 spiro atoms. The molecule has 6 nitrogen and oxygen atoms in total. The van der Waals surface area contributed by atoms with E-state index < -0.39 is 33.6 Å². The van der Waals surface area contributed by atoms with Crippen LogP contribution in [0.15, 0.2) is 53.4 Å². The van der Waals surface area contributed by atoms with E-state index in [2.05, 4.69) is 10.0 Å². The van der Waals surface area contributed by atoms with E-state index in [0.717, 1.165) is 12.1 Å². The molecule has 0 aliphatic heterocycles. The molecule has 1 atom stereocenters. The molecular weight excluding hydrogens is 407 g/mol. The zero-order valence-corrected chi connectivity index (χ0v) is 16.5. The van der Waals surface area contributed by atoms with Crippen LogP contribution in [-0.2, 0) is 27.4 Å². The van der Waals surface area contributed by atoms with Crippen LogP contribution in [0, 0.1) is 5.92 Å². The molecule has 1 amide bonds. The molecule has 0 unspecified atom stereocenters. The van der Waals surface area contributed by atoms with Crippen LogP contribution in [-0.4, -0.2) is 27.4 Å². The molecule has 0 fully saturated rings. The van der Waals surface area contributed by atoms with Gasteiger partial charge in [-0.15, -0.1) is 0 Å². The van der Waals surface area contributed by atoms with E-state index in [1.807, 2.05) is 0 Å². The van der Waals surface area contributed by atoms with Gasteiger partial charge in [0.1, 0.15) is 0 Å². The minimum absolute atomic E-state index is 0.0331. The predicted octanol–water partition coefficient (Wildman–Crippen LogP) is 2.76. The number of rotatable bonds is 8.